The molecule has 0 aliphatic carbocycles. The first kappa shape index (κ1) is 11.0. The predicted molar refractivity (Wildman–Crippen MR) is 57.0 cm³/mol. The lowest BCUT2D eigenvalue weighted by atomic mass is 10.3. The highest BCUT2D eigenvalue weighted by molar-refractivity contribution is 5.91. The van der Waals surface area contributed by atoms with Gasteiger partial charge in [0.25, 0.3) is 5.91 Å². The summed E-state index contributed by atoms with van der Waals surface area (Å²) in [4.78, 5) is 15.0. The van der Waals surface area contributed by atoms with Crippen LogP contribution in [0.4, 0.5) is 5.82 Å². The van der Waals surface area contributed by atoms with Crippen LogP contribution in [0.2, 0.25) is 0 Å². The summed E-state index contributed by atoms with van der Waals surface area (Å²) in [7, 11) is 1.53. The van der Waals surface area contributed by atoms with E-state index < -0.39 is 0 Å². The van der Waals surface area contributed by atoms with Gasteiger partial charge in [-0.3, -0.25) is 4.79 Å². The fourth-order valence-electron chi connectivity index (χ4n) is 1.12. The molecule has 0 saturated heterocycles. The lowest BCUT2D eigenvalue weighted by molar-refractivity contribution is 0.0957. The number of rotatable bonds is 4. The average Bonchev–Trinajstić information content (AvgIpc) is 2.89. The molecule has 0 bridgehead atoms. The average molecular weight is 234 g/mol. The van der Waals surface area contributed by atoms with E-state index in [0.29, 0.717) is 18.2 Å². The third kappa shape index (κ3) is 2.74. The number of anilines is 1. The smallest absolute Gasteiger partial charge is 0.271 e. The van der Waals surface area contributed by atoms with Gasteiger partial charge in [-0.05, 0) is 12.1 Å². The first-order valence-electron chi connectivity index (χ1n) is 4.84. The standard InChI is InChI=1S/C9H10N6O2/c1-10-9(16)6-2-3-7(14-13-6)11-4-8-12-5-17-15-8/h2-3,5H,4H2,1H3,(H,10,16)(H,11,14). The molecular formula is C9H10N6O2. The van der Waals surface area contributed by atoms with Crippen LogP contribution in [-0.2, 0) is 6.54 Å². The van der Waals surface area contributed by atoms with E-state index in [9.17, 15) is 4.79 Å². The highest BCUT2D eigenvalue weighted by Gasteiger charge is 2.05. The lowest BCUT2D eigenvalue weighted by Gasteiger charge is -2.02. The van der Waals surface area contributed by atoms with Crippen LogP contribution in [0.5, 0.6) is 0 Å². The molecule has 0 fully saturated rings. The second kappa shape index (κ2) is 5.01. The SMILES string of the molecule is CNC(=O)c1ccc(NCc2ncon2)nn1. The maximum absolute atomic E-state index is 11.2. The number of nitrogens with zero attached hydrogens (tertiary/aromatic N) is 4. The van der Waals surface area contributed by atoms with Gasteiger partial charge in [0.05, 0.1) is 6.54 Å². The first-order chi connectivity index (χ1) is 8.29. The Bertz CT molecular complexity index is 481. The molecule has 0 aliphatic heterocycles. The number of nitrogens with one attached hydrogen (secondary N) is 2. The van der Waals surface area contributed by atoms with Gasteiger partial charge in [-0.1, -0.05) is 5.16 Å². The summed E-state index contributed by atoms with van der Waals surface area (Å²) in [5.74, 6) is 0.770. The molecule has 2 rings (SSSR count). The van der Waals surface area contributed by atoms with Crippen molar-refractivity contribution >= 4 is 11.7 Å². The van der Waals surface area contributed by atoms with E-state index in [1.165, 1.54) is 13.4 Å². The minimum atomic E-state index is -0.276. The molecule has 0 saturated carbocycles. The van der Waals surface area contributed by atoms with Crippen molar-refractivity contribution in [3.8, 4) is 0 Å². The van der Waals surface area contributed by atoms with Crippen molar-refractivity contribution in [2.24, 2.45) is 0 Å². The summed E-state index contributed by atoms with van der Waals surface area (Å²) >= 11 is 0. The van der Waals surface area contributed by atoms with E-state index in [1.807, 2.05) is 0 Å². The van der Waals surface area contributed by atoms with Crippen LogP contribution in [0.1, 0.15) is 16.3 Å². The molecule has 0 spiro atoms. The molecule has 2 aromatic heterocycles. The number of carbonyl (C=O) groups is 1. The maximum Gasteiger partial charge on any atom is 0.271 e. The molecule has 0 unspecified atom stereocenters. The van der Waals surface area contributed by atoms with E-state index in [-0.39, 0.29) is 11.6 Å². The van der Waals surface area contributed by atoms with E-state index in [4.69, 9.17) is 0 Å². The number of carbonyl (C=O) groups excluding carboxylic acids is 1. The third-order valence-electron chi connectivity index (χ3n) is 1.96. The first-order valence-corrected chi connectivity index (χ1v) is 4.84. The Balaban J connectivity index is 1.96. The third-order valence-corrected chi connectivity index (χ3v) is 1.96. The second-order valence-electron chi connectivity index (χ2n) is 3.08. The summed E-state index contributed by atoms with van der Waals surface area (Å²) in [6.07, 6.45) is 1.25. The van der Waals surface area contributed by atoms with Crippen LogP contribution >= 0.6 is 0 Å². The van der Waals surface area contributed by atoms with Crippen molar-refractivity contribution in [1.29, 1.82) is 0 Å². The summed E-state index contributed by atoms with van der Waals surface area (Å²) < 4.78 is 4.58. The molecule has 17 heavy (non-hydrogen) atoms. The molecular weight excluding hydrogens is 224 g/mol. The normalized spacial score (nSPS) is 9.94. The molecule has 0 aromatic carbocycles. The Labute approximate surface area is 96.4 Å². The number of amides is 1. The molecule has 0 radical (unpaired) electrons. The van der Waals surface area contributed by atoms with Crippen LogP contribution in [0.15, 0.2) is 23.0 Å². The lowest BCUT2D eigenvalue weighted by Crippen LogP contribution is -2.19. The Hall–Kier alpha value is -2.51. The van der Waals surface area contributed by atoms with Crippen LogP contribution < -0.4 is 10.6 Å². The minimum Gasteiger partial charge on any atom is -0.361 e. The summed E-state index contributed by atoms with van der Waals surface area (Å²) in [5.41, 5.74) is 0.262. The van der Waals surface area contributed by atoms with Gasteiger partial charge in [0, 0.05) is 7.05 Å². The second-order valence-corrected chi connectivity index (χ2v) is 3.08. The summed E-state index contributed by atoms with van der Waals surface area (Å²) in [6.45, 7) is 0.379. The highest BCUT2D eigenvalue weighted by atomic mass is 16.5. The van der Waals surface area contributed by atoms with Crippen LogP contribution in [-0.4, -0.2) is 33.3 Å². The van der Waals surface area contributed by atoms with Crippen molar-refractivity contribution in [1.82, 2.24) is 25.7 Å². The van der Waals surface area contributed by atoms with Gasteiger partial charge in [-0.25, -0.2) is 0 Å². The van der Waals surface area contributed by atoms with Crippen LogP contribution in [0.25, 0.3) is 0 Å². The van der Waals surface area contributed by atoms with Crippen LogP contribution in [0.3, 0.4) is 0 Å². The van der Waals surface area contributed by atoms with Crippen molar-refractivity contribution in [3.63, 3.8) is 0 Å². The van der Waals surface area contributed by atoms with Gasteiger partial charge in [0.2, 0.25) is 6.39 Å². The Morgan fingerprint density at radius 3 is 2.88 bits per heavy atom. The Morgan fingerprint density at radius 2 is 2.29 bits per heavy atom. The van der Waals surface area contributed by atoms with Gasteiger partial charge < -0.3 is 15.2 Å². The molecule has 2 heterocycles. The number of aromatic nitrogens is 4. The zero-order chi connectivity index (χ0) is 12.1. The monoisotopic (exact) mass is 234 g/mol. The molecule has 8 heteroatoms. The minimum absolute atomic E-state index is 0.262. The molecule has 8 nitrogen and oxygen atoms in total. The molecule has 0 atom stereocenters. The number of hydrogen-bond acceptors (Lipinski definition) is 7. The molecule has 2 aromatic rings. The summed E-state index contributed by atoms with van der Waals surface area (Å²) in [5, 5.41) is 16.6. The van der Waals surface area contributed by atoms with E-state index in [2.05, 4.69) is 35.5 Å². The van der Waals surface area contributed by atoms with Crippen molar-refractivity contribution in [2.75, 3.05) is 12.4 Å². The maximum atomic E-state index is 11.2. The van der Waals surface area contributed by atoms with Gasteiger partial charge in [0.15, 0.2) is 11.5 Å². The van der Waals surface area contributed by atoms with Gasteiger partial charge in [0.1, 0.15) is 5.82 Å². The summed E-state index contributed by atoms with van der Waals surface area (Å²) in [6, 6.07) is 3.22. The van der Waals surface area contributed by atoms with Gasteiger partial charge >= 0.3 is 0 Å². The van der Waals surface area contributed by atoms with E-state index >= 15 is 0 Å². The highest BCUT2D eigenvalue weighted by Crippen LogP contribution is 2.03. The topological polar surface area (TPSA) is 106 Å². The van der Waals surface area contributed by atoms with Gasteiger partial charge in [-0.15, -0.1) is 10.2 Å². The Morgan fingerprint density at radius 1 is 1.41 bits per heavy atom. The quantitative estimate of drug-likeness (QED) is 0.756. The van der Waals surface area contributed by atoms with Crippen molar-refractivity contribution in [3.05, 3.63) is 30.0 Å². The van der Waals surface area contributed by atoms with Crippen molar-refractivity contribution in [2.45, 2.75) is 6.54 Å². The van der Waals surface area contributed by atoms with Crippen molar-refractivity contribution < 1.29 is 9.32 Å². The fourth-order valence-corrected chi connectivity index (χ4v) is 1.12. The molecule has 2 N–H and O–H groups in total. The molecule has 0 aliphatic rings. The largest absolute Gasteiger partial charge is 0.361 e. The fraction of sp³-hybridized carbons (Fsp3) is 0.222. The molecule has 1 amide bonds. The predicted octanol–water partition coefficient (Wildman–Crippen LogP) is -0.169. The van der Waals surface area contributed by atoms with E-state index in [1.54, 1.807) is 12.1 Å². The zero-order valence-corrected chi connectivity index (χ0v) is 9.04. The zero-order valence-electron chi connectivity index (χ0n) is 9.04. The molecule has 88 valence electrons. The van der Waals surface area contributed by atoms with E-state index in [0.717, 1.165) is 0 Å². The Kier molecular flexibility index (Phi) is 3.24. The van der Waals surface area contributed by atoms with Crippen LogP contribution in [0, 0.1) is 0 Å². The van der Waals surface area contributed by atoms with Gasteiger partial charge in [-0.2, -0.15) is 4.98 Å². The number of hydrogen-bond donors (Lipinski definition) is 2.